The molecule has 0 spiro atoms. The van der Waals surface area contributed by atoms with Crippen molar-refractivity contribution in [3.05, 3.63) is 23.8 Å². The van der Waals surface area contributed by atoms with Gasteiger partial charge in [-0.15, -0.1) is 0 Å². The van der Waals surface area contributed by atoms with Crippen molar-refractivity contribution in [1.82, 2.24) is 14.9 Å². The molecule has 1 aliphatic heterocycles. The number of nitriles is 1. The van der Waals surface area contributed by atoms with Crippen LogP contribution in [-0.4, -0.2) is 33.9 Å². The number of carbonyl (C=O) groups excluding carboxylic acids is 1. The normalized spacial score (nSPS) is 19.8. The van der Waals surface area contributed by atoms with E-state index in [1.54, 1.807) is 11.1 Å². The number of piperidine rings is 1. The number of nitrogens with zero attached hydrogens (tertiary/aromatic N) is 4. The molecule has 0 aliphatic carbocycles. The quantitative estimate of drug-likeness (QED) is 0.726. The smallest absolute Gasteiger partial charge is 0.274 e. The third kappa shape index (κ3) is 2.59. The maximum atomic E-state index is 12.1. The highest BCUT2D eigenvalue weighted by Gasteiger charge is 2.24. The Balaban J connectivity index is 2.09. The summed E-state index contributed by atoms with van der Waals surface area (Å²) < 4.78 is 0. The SMILES string of the molecule is Cc1cnc(C(=O)N2CCCC(C#N)C2)cn1. The van der Waals surface area contributed by atoms with Gasteiger partial charge in [-0.25, -0.2) is 4.98 Å². The summed E-state index contributed by atoms with van der Waals surface area (Å²) >= 11 is 0. The lowest BCUT2D eigenvalue weighted by atomic mass is 9.99. The fourth-order valence-corrected chi connectivity index (χ4v) is 1.93. The highest BCUT2D eigenvalue weighted by atomic mass is 16.2. The molecule has 17 heavy (non-hydrogen) atoms. The van der Waals surface area contributed by atoms with E-state index in [1.165, 1.54) is 6.20 Å². The first kappa shape index (κ1) is 11.5. The molecule has 1 saturated heterocycles. The van der Waals surface area contributed by atoms with E-state index in [9.17, 15) is 4.79 Å². The largest absolute Gasteiger partial charge is 0.336 e. The van der Waals surface area contributed by atoms with Gasteiger partial charge < -0.3 is 4.90 Å². The van der Waals surface area contributed by atoms with Crippen molar-refractivity contribution >= 4 is 5.91 Å². The molecule has 0 saturated carbocycles. The Morgan fingerprint density at radius 2 is 2.35 bits per heavy atom. The third-order valence-electron chi connectivity index (χ3n) is 2.89. The summed E-state index contributed by atoms with van der Waals surface area (Å²) in [6.45, 7) is 3.03. The van der Waals surface area contributed by atoms with Gasteiger partial charge in [0.2, 0.25) is 0 Å². The number of amides is 1. The van der Waals surface area contributed by atoms with Crippen LogP contribution in [0.4, 0.5) is 0 Å². The molecule has 0 bridgehead atoms. The van der Waals surface area contributed by atoms with Gasteiger partial charge in [0.05, 0.1) is 23.9 Å². The van der Waals surface area contributed by atoms with Crippen LogP contribution in [0.2, 0.25) is 0 Å². The molecule has 0 N–H and O–H groups in total. The van der Waals surface area contributed by atoms with Crippen LogP contribution in [0.3, 0.4) is 0 Å². The Morgan fingerprint density at radius 1 is 1.53 bits per heavy atom. The van der Waals surface area contributed by atoms with Crippen LogP contribution in [0, 0.1) is 24.2 Å². The van der Waals surface area contributed by atoms with E-state index >= 15 is 0 Å². The molecule has 1 amide bonds. The van der Waals surface area contributed by atoms with Crippen molar-refractivity contribution in [1.29, 1.82) is 5.26 Å². The molecule has 5 heteroatoms. The fourth-order valence-electron chi connectivity index (χ4n) is 1.93. The predicted octanol–water partition coefficient (Wildman–Crippen LogP) is 1.16. The molecule has 1 atom stereocenters. The minimum absolute atomic E-state index is 0.0499. The van der Waals surface area contributed by atoms with Crippen molar-refractivity contribution in [2.45, 2.75) is 19.8 Å². The summed E-state index contributed by atoms with van der Waals surface area (Å²) in [6.07, 6.45) is 4.83. The van der Waals surface area contributed by atoms with E-state index in [2.05, 4.69) is 16.0 Å². The molecule has 2 rings (SSSR count). The zero-order valence-corrected chi connectivity index (χ0v) is 9.76. The molecule has 1 aromatic rings. The van der Waals surface area contributed by atoms with Gasteiger partial charge in [0.15, 0.2) is 0 Å². The lowest BCUT2D eigenvalue weighted by molar-refractivity contribution is 0.0692. The molecular formula is C12H14N4O. The molecule has 0 aromatic carbocycles. The zero-order valence-electron chi connectivity index (χ0n) is 9.76. The lowest BCUT2D eigenvalue weighted by Gasteiger charge is -2.29. The standard InChI is InChI=1S/C12H14N4O/c1-9-6-15-11(7-14-9)12(17)16-4-2-3-10(5-13)8-16/h6-7,10H,2-4,8H2,1H3. The van der Waals surface area contributed by atoms with E-state index in [1.807, 2.05) is 6.92 Å². The lowest BCUT2D eigenvalue weighted by Crippen LogP contribution is -2.39. The van der Waals surface area contributed by atoms with Gasteiger partial charge in [0, 0.05) is 19.3 Å². The first-order valence-corrected chi connectivity index (χ1v) is 5.68. The van der Waals surface area contributed by atoms with E-state index in [0.29, 0.717) is 18.8 Å². The van der Waals surface area contributed by atoms with Gasteiger partial charge in [-0.3, -0.25) is 9.78 Å². The van der Waals surface area contributed by atoms with Gasteiger partial charge in [-0.05, 0) is 19.8 Å². The molecule has 2 heterocycles. The Labute approximate surface area is 100 Å². The molecular weight excluding hydrogens is 216 g/mol. The van der Waals surface area contributed by atoms with Crippen LogP contribution < -0.4 is 0 Å². The first-order chi connectivity index (χ1) is 8.20. The summed E-state index contributed by atoms with van der Waals surface area (Å²) in [5.41, 5.74) is 1.14. The minimum Gasteiger partial charge on any atom is -0.336 e. The number of carbonyl (C=O) groups is 1. The van der Waals surface area contributed by atoms with Gasteiger partial charge >= 0.3 is 0 Å². The van der Waals surface area contributed by atoms with Crippen molar-refractivity contribution in [2.75, 3.05) is 13.1 Å². The summed E-state index contributed by atoms with van der Waals surface area (Å²) in [4.78, 5) is 21.9. The van der Waals surface area contributed by atoms with Gasteiger partial charge in [-0.1, -0.05) is 0 Å². The second kappa shape index (κ2) is 4.91. The highest BCUT2D eigenvalue weighted by molar-refractivity contribution is 5.92. The van der Waals surface area contributed by atoms with Gasteiger partial charge in [0.25, 0.3) is 5.91 Å². The van der Waals surface area contributed by atoms with Crippen molar-refractivity contribution in [3.63, 3.8) is 0 Å². The number of hydrogen-bond donors (Lipinski definition) is 0. The molecule has 1 unspecified atom stereocenters. The monoisotopic (exact) mass is 230 g/mol. The Hall–Kier alpha value is -1.96. The summed E-state index contributed by atoms with van der Waals surface area (Å²) in [5, 5.41) is 8.88. The van der Waals surface area contributed by atoms with Crippen LogP contribution in [0.25, 0.3) is 0 Å². The number of rotatable bonds is 1. The van der Waals surface area contributed by atoms with Gasteiger partial charge in [-0.2, -0.15) is 5.26 Å². The van der Waals surface area contributed by atoms with Crippen LogP contribution in [0.1, 0.15) is 29.0 Å². The maximum Gasteiger partial charge on any atom is 0.274 e. The number of aryl methyl sites for hydroxylation is 1. The average Bonchev–Trinajstić information content (AvgIpc) is 2.39. The first-order valence-electron chi connectivity index (χ1n) is 5.68. The Kier molecular flexibility index (Phi) is 3.33. The molecule has 1 aromatic heterocycles. The third-order valence-corrected chi connectivity index (χ3v) is 2.89. The van der Waals surface area contributed by atoms with Crippen LogP contribution in [-0.2, 0) is 0 Å². The Morgan fingerprint density at radius 3 is 3.00 bits per heavy atom. The summed E-state index contributed by atoms with van der Waals surface area (Å²) in [6, 6.07) is 2.22. The maximum absolute atomic E-state index is 12.1. The van der Waals surface area contributed by atoms with Crippen LogP contribution in [0.15, 0.2) is 12.4 Å². The zero-order chi connectivity index (χ0) is 12.3. The fraction of sp³-hybridized carbons (Fsp3) is 0.500. The Bertz CT molecular complexity index is 449. The number of likely N-dealkylation sites (tertiary alicyclic amines) is 1. The van der Waals surface area contributed by atoms with Crippen molar-refractivity contribution in [2.24, 2.45) is 5.92 Å². The molecule has 0 radical (unpaired) electrons. The van der Waals surface area contributed by atoms with Crippen molar-refractivity contribution < 1.29 is 4.79 Å². The molecule has 88 valence electrons. The number of hydrogen-bond acceptors (Lipinski definition) is 4. The summed E-state index contributed by atoms with van der Waals surface area (Å²) in [5.74, 6) is -0.177. The van der Waals surface area contributed by atoms with E-state index in [4.69, 9.17) is 5.26 Å². The molecule has 1 fully saturated rings. The predicted molar refractivity (Wildman–Crippen MR) is 61.0 cm³/mol. The highest BCUT2D eigenvalue weighted by Crippen LogP contribution is 2.17. The van der Waals surface area contributed by atoms with Crippen molar-refractivity contribution in [3.8, 4) is 6.07 Å². The second-order valence-corrected chi connectivity index (χ2v) is 4.26. The number of aromatic nitrogens is 2. The van der Waals surface area contributed by atoms with Gasteiger partial charge in [0.1, 0.15) is 5.69 Å². The topological polar surface area (TPSA) is 69.9 Å². The average molecular weight is 230 g/mol. The molecule has 1 aliphatic rings. The van der Waals surface area contributed by atoms with E-state index in [0.717, 1.165) is 18.5 Å². The van der Waals surface area contributed by atoms with Crippen LogP contribution in [0.5, 0.6) is 0 Å². The minimum atomic E-state index is -0.127. The van der Waals surface area contributed by atoms with E-state index < -0.39 is 0 Å². The summed E-state index contributed by atoms with van der Waals surface area (Å²) in [7, 11) is 0. The second-order valence-electron chi connectivity index (χ2n) is 4.26. The van der Waals surface area contributed by atoms with Crippen LogP contribution >= 0.6 is 0 Å². The molecule has 5 nitrogen and oxygen atoms in total. The van der Waals surface area contributed by atoms with E-state index in [-0.39, 0.29) is 11.8 Å².